The number of carbonyl (C=O) groups excluding carboxylic acids is 1. The molecule has 2 heterocycles. The summed E-state index contributed by atoms with van der Waals surface area (Å²) in [5.74, 6) is -0.825. The van der Waals surface area contributed by atoms with Crippen LogP contribution in [-0.4, -0.2) is 39.5 Å². The van der Waals surface area contributed by atoms with Crippen molar-refractivity contribution in [1.82, 2.24) is 9.47 Å². The molecule has 22 heavy (non-hydrogen) atoms. The van der Waals surface area contributed by atoms with Gasteiger partial charge in [-0.1, -0.05) is 18.2 Å². The van der Waals surface area contributed by atoms with E-state index in [1.54, 1.807) is 11.8 Å². The third-order valence-corrected chi connectivity index (χ3v) is 4.66. The van der Waals surface area contributed by atoms with Gasteiger partial charge in [-0.15, -0.1) is 0 Å². The van der Waals surface area contributed by atoms with Crippen LogP contribution in [0.15, 0.2) is 30.5 Å². The number of aliphatic carboxylic acids is 1. The monoisotopic (exact) mass is 300 g/mol. The number of likely N-dealkylation sites (tertiary alicyclic amines) is 1. The van der Waals surface area contributed by atoms with Crippen LogP contribution in [-0.2, 0) is 23.1 Å². The highest BCUT2D eigenvalue weighted by Gasteiger charge is 2.42. The van der Waals surface area contributed by atoms with E-state index >= 15 is 0 Å². The summed E-state index contributed by atoms with van der Waals surface area (Å²) in [6, 6.07) is 7.99. The predicted octanol–water partition coefficient (Wildman–Crippen LogP) is 2.04. The summed E-state index contributed by atoms with van der Waals surface area (Å²) in [4.78, 5) is 25.5. The number of benzene rings is 1. The number of carboxylic acids is 1. The highest BCUT2D eigenvalue weighted by atomic mass is 16.4. The van der Waals surface area contributed by atoms with Gasteiger partial charge in [0, 0.05) is 37.2 Å². The summed E-state index contributed by atoms with van der Waals surface area (Å²) in [6.45, 7) is 2.53. The van der Waals surface area contributed by atoms with E-state index in [2.05, 4.69) is 0 Å². The van der Waals surface area contributed by atoms with Gasteiger partial charge in [0.2, 0.25) is 5.91 Å². The molecule has 3 rings (SSSR count). The van der Waals surface area contributed by atoms with Crippen LogP contribution in [0.2, 0.25) is 0 Å². The molecule has 1 aliphatic rings. The van der Waals surface area contributed by atoms with Gasteiger partial charge in [-0.2, -0.15) is 0 Å². The van der Waals surface area contributed by atoms with Gasteiger partial charge in [0.05, 0.1) is 11.8 Å². The highest BCUT2D eigenvalue weighted by Crippen LogP contribution is 2.31. The number of hydrogen-bond acceptors (Lipinski definition) is 2. The number of hydrogen-bond donors (Lipinski definition) is 1. The average molecular weight is 300 g/mol. The second kappa shape index (κ2) is 5.16. The molecule has 1 amide bonds. The highest BCUT2D eigenvalue weighted by molar-refractivity contribution is 5.90. The summed E-state index contributed by atoms with van der Waals surface area (Å²) in [6.07, 6.45) is 2.82. The SMILES string of the molecule is Cn1cc(CC(=O)N2CC[C@](C)(C(=O)O)C2)c2ccccc21. The predicted molar refractivity (Wildman–Crippen MR) is 83.6 cm³/mol. The number of carboxylic acid groups (broad SMARTS) is 1. The van der Waals surface area contributed by atoms with Crippen LogP contribution in [0.25, 0.3) is 10.9 Å². The molecule has 2 aromatic rings. The van der Waals surface area contributed by atoms with Gasteiger partial charge in [0.1, 0.15) is 0 Å². The fourth-order valence-electron chi connectivity index (χ4n) is 3.19. The number of rotatable bonds is 3. The van der Waals surface area contributed by atoms with Gasteiger partial charge in [-0.25, -0.2) is 0 Å². The molecule has 1 atom stereocenters. The van der Waals surface area contributed by atoms with Crippen LogP contribution in [0.5, 0.6) is 0 Å². The molecular weight excluding hydrogens is 280 g/mol. The first-order valence-corrected chi connectivity index (χ1v) is 7.45. The fraction of sp³-hybridized carbons (Fsp3) is 0.412. The number of nitrogens with zero attached hydrogens (tertiary/aromatic N) is 2. The fourth-order valence-corrected chi connectivity index (χ4v) is 3.19. The van der Waals surface area contributed by atoms with Crippen LogP contribution in [0.4, 0.5) is 0 Å². The van der Waals surface area contributed by atoms with Crippen molar-refractivity contribution in [2.75, 3.05) is 13.1 Å². The minimum absolute atomic E-state index is 0.00123. The zero-order valence-corrected chi connectivity index (χ0v) is 12.9. The van der Waals surface area contributed by atoms with Crippen LogP contribution in [0, 0.1) is 5.41 Å². The smallest absolute Gasteiger partial charge is 0.311 e. The van der Waals surface area contributed by atoms with E-state index in [4.69, 9.17) is 0 Å². The maximum Gasteiger partial charge on any atom is 0.311 e. The maximum atomic E-state index is 12.5. The van der Waals surface area contributed by atoms with Crippen LogP contribution in [0.1, 0.15) is 18.9 Å². The molecule has 5 heteroatoms. The van der Waals surface area contributed by atoms with Gasteiger partial charge >= 0.3 is 5.97 Å². The Hall–Kier alpha value is -2.30. The minimum atomic E-state index is -0.826. The van der Waals surface area contributed by atoms with Crippen molar-refractivity contribution in [2.45, 2.75) is 19.8 Å². The molecule has 1 aliphatic heterocycles. The molecule has 0 saturated carbocycles. The number of aromatic nitrogens is 1. The first-order valence-electron chi connectivity index (χ1n) is 7.45. The second-order valence-corrected chi connectivity index (χ2v) is 6.39. The lowest BCUT2D eigenvalue weighted by Gasteiger charge is -2.20. The molecule has 0 spiro atoms. The quantitative estimate of drug-likeness (QED) is 0.943. The Kier molecular flexibility index (Phi) is 3.43. The Morgan fingerprint density at radius 2 is 2.05 bits per heavy atom. The Labute approximate surface area is 129 Å². The zero-order valence-electron chi connectivity index (χ0n) is 12.9. The van der Waals surface area contributed by atoms with Crippen molar-refractivity contribution in [1.29, 1.82) is 0 Å². The summed E-state index contributed by atoms with van der Waals surface area (Å²) in [5.41, 5.74) is 1.28. The van der Waals surface area contributed by atoms with Crippen LogP contribution in [0.3, 0.4) is 0 Å². The molecule has 0 aliphatic carbocycles. The molecule has 1 N–H and O–H groups in total. The summed E-state index contributed by atoms with van der Waals surface area (Å²) < 4.78 is 2.02. The Morgan fingerprint density at radius 3 is 2.73 bits per heavy atom. The standard InChI is InChI=1S/C17H20N2O3/c1-17(16(21)22)7-8-19(11-17)15(20)9-12-10-18(2)14-6-4-3-5-13(12)14/h3-6,10H,7-9,11H2,1-2H3,(H,21,22)/t17-/m0/s1. The van der Waals surface area contributed by atoms with E-state index in [9.17, 15) is 14.7 Å². The van der Waals surface area contributed by atoms with E-state index in [0.29, 0.717) is 25.9 Å². The van der Waals surface area contributed by atoms with E-state index in [-0.39, 0.29) is 5.91 Å². The summed E-state index contributed by atoms with van der Waals surface area (Å²) >= 11 is 0. The van der Waals surface area contributed by atoms with Crippen molar-refractivity contribution in [2.24, 2.45) is 12.5 Å². The molecule has 0 bridgehead atoms. The van der Waals surface area contributed by atoms with Gasteiger partial charge < -0.3 is 14.6 Å². The first kappa shape index (κ1) is 14.6. The van der Waals surface area contributed by atoms with E-state index in [0.717, 1.165) is 16.5 Å². The maximum absolute atomic E-state index is 12.5. The lowest BCUT2D eigenvalue weighted by molar-refractivity contribution is -0.147. The van der Waals surface area contributed by atoms with E-state index < -0.39 is 11.4 Å². The molecule has 5 nitrogen and oxygen atoms in total. The third kappa shape index (κ3) is 2.36. The van der Waals surface area contributed by atoms with Gasteiger partial charge in [0.25, 0.3) is 0 Å². The lowest BCUT2D eigenvalue weighted by Crippen LogP contribution is -2.35. The van der Waals surface area contributed by atoms with Crippen LogP contribution < -0.4 is 0 Å². The topological polar surface area (TPSA) is 62.5 Å². The molecule has 0 unspecified atom stereocenters. The van der Waals surface area contributed by atoms with E-state index in [1.165, 1.54) is 0 Å². The molecule has 1 aromatic heterocycles. The summed E-state index contributed by atoms with van der Waals surface area (Å²) in [5, 5.41) is 10.3. The van der Waals surface area contributed by atoms with Crippen molar-refractivity contribution in [3.63, 3.8) is 0 Å². The number of fused-ring (bicyclic) bond motifs is 1. The summed E-state index contributed by atoms with van der Waals surface area (Å²) in [7, 11) is 1.97. The largest absolute Gasteiger partial charge is 0.481 e. The Balaban J connectivity index is 1.79. The minimum Gasteiger partial charge on any atom is -0.481 e. The van der Waals surface area contributed by atoms with Crippen molar-refractivity contribution < 1.29 is 14.7 Å². The molecular formula is C17H20N2O3. The molecule has 116 valence electrons. The second-order valence-electron chi connectivity index (χ2n) is 6.39. The third-order valence-electron chi connectivity index (χ3n) is 4.66. The number of carbonyl (C=O) groups is 2. The molecule has 0 radical (unpaired) electrons. The molecule has 1 fully saturated rings. The van der Waals surface area contributed by atoms with Gasteiger partial charge in [-0.3, -0.25) is 9.59 Å². The zero-order chi connectivity index (χ0) is 15.9. The first-order chi connectivity index (χ1) is 10.4. The Morgan fingerprint density at radius 1 is 1.32 bits per heavy atom. The van der Waals surface area contributed by atoms with Gasteiger partial charge in [0.15, 0.2) is 0 Å². The van der Waals surface area contributed by atoms with Crippen molar-refractivity contribution in [3.8, 4) is 0 Å². The average Bonchev–Trinajstić information content (AvgIpc) is 3.03. The normalized spacial score (nSPS) is 21.5. The molecule has 1 saturated heterocycles. The van der Waals surface area contributed by atoms with Gasteiger partial charge in [-0.05, 0) is 25.0 Å². The van der Waals surface area contributed by atoms with Crippen molar-refractivity contribution >= 4 is 22.8 Å². The lowest BCUT2D eigenvalue weighted by atomic mass is 9.90. The van der Waals surface area contributed by atoms with E-state index in [1.807, 2.05) is 42.1 Å². The van der Waals surface area contributed by atoms with Crippen LogP contribution >= 0.6 is 0 Å². The molecule has 1 aromatic carbocycles. The number of para-hydroxylation sites is 1. The van der Waals surface area contributed by atoms with Crippen molar-refractivity contribution in [3.05, 3.63) is 36.0 Å². The Bertz CT molecular complexity index is 749. The number of aryl methyl sites for hydroxylation is 1. The number of amides is 1.